The minimum atomic E-state index is -0.977. The number of carboxylic acid groups (broad SMARTS) is 1. The van der Waals surface area contributed by atoms with Crippen molar-refractivity contribution in [3.05, 3.63) is 41.7 Å². The first-order valence-corrected chi connectivity index (χ1v) is 6.64. The fourth-order valence-electron chi connectivity index (χ4n) is 2.09. The van der Waals surface area contributed by atoms with Crippen molar-refractivity contribution in [2.45, 2.75) is 25.0 Å². The molecule has 6 heteroatoms. The molecule has 0 aliphatic carbocycles. The third-order valence-corrected chi connectivity index (χ3v) is 3.16. The zero-order valence-corrected chi connectivity index (χ0v) is 11.3. The highest BCUT2D eigenvalue weighted by molar-refractivity contribution is 5.91. The molecule has 1 aliphatic heterocycles. The molecule has 112 valence electrons. The molecule has 2 unspecified atom stereocenters. The van der Waals surface area contributed by atoms with Gasteiger partial charge < -0.3 is 15.2 Å². The van der Waals surface area contributed by atoms with Crippen molar-refractivity contribution in [2.24, 2.45) is 0 Å². The summed E-state index contributed by atoms with van der Waals surface area (Å²) in [6, 6.07) is 5.89. The number of rotatable bonds is 5. The lowest BCUT2D eigenvalue weighted by atomic mass is 10.2. The molecule has 1 amide bonds. The van der Waals surface area contributed by atoms with Gasteiger partial charge in [-0.3, -0.25) is 4.79 Å². The van der Waals surface area contributed by atoms with Gasteiger partial charge in [-0.25, -0.2) is 9.18 Å². The van der Waals surface area contributed by atoms with Gasteiger partial charge in [0.25, 0.3) is 0 Å². The Labute approximate surface area is 121 Å². The molecule has 2 N–H and O–H groups in total. The Balaban J connectivity index is 1.76. The number of carbonyl (C=O) groups is 2. The molecule has 5 nitrogen and oxygen atoms in total. The van der Waals surface area contributed by atoms with E-state index >= 15 is 0 Å². The van der Waals surface area contributed by atoms with Crippen LogP contribution in [0.5, 0.6) is 0 Å². The highest BCUT2D eigenvalue weighted by atomic mass is 19.1. The number of amides is 1. The molecule has 21 heavy (non-hydrogen) atoms. The molecule has 1 aliphatic rings. The van der Waals surface area contributed by atoms with E-state index in [1.165, 1.54) is 24.3 Å². The summed E-state index contributed by atoms with van der Waals surface area (Å²) in [6.07, 6.45) is 2.80. The van der Waals surface area contributed by atoms with Crippen LogP contribution in [-0.2, 0) is 14.3 Å². The SMILES string of the molecule is O=C(/C=C/c1cccc(F)c1)NCC1CCC(C(=O)O)O1. The molecule has 1 aromatic carbocycles. The normalized spacial score (nSPS) is 21.6. The van der Waals surface area contributed by atoms with Gasteiger partial charge in [-0.1, -0.05) is 12.1 Å². The van der Waals surface area contributed by atoms with Gasteiger partial charge in [0, 0.05) is 12.6 Å². The van der Waals surface area contributed by atoms with Crippen molar-refractivity contribution in [3.63, 3.8) is 0 Å². The second-order valence-corrected chi connectivity index (χ2v) is 4.80. The van der Waals surface area contributed by atoms with E-state index in [2.05, 4.69) is 5.32 Å². The fraction of sp³-hybridized carbons (Fsp3) is 0.333. The lowest BCUT2D eigenvalue weighted by Gasteiger charge is -2.11. The molecule has 0 aromatic heterocycles. The summed E-state index contributed by atoms with van der Waals surface area (Å²) in [7, 11) is 0. The van der Waals surface area contributed by atoms with Crippen LogP contribution in [0.15, 0.2) is 30.3 Å². The summed E-state index contributed by atoms with van der Waals surface area (Å²) in [4.78, 5) is 22.3. The molecule has 1 heterocycles. The van der Waals surface area contributed by atoms with Crippen molar-refractivity contribution < 1.29 is 23.8 Å². The smallest absolute Gasteiger partial charge is 0.332 e. The summed E-state index contributed by atoms with van der Waals surface area (Å²) in [6.45, 7) is 0.260. The van der Waals surface area contributed by atoms with Crippen LogP contribution in [0.4, 0.5) is 4.39 Å². The van der Waals surface area contributed by atoms with Crippen molar-refractivity contribution >= 4 is 18.0 Å². The minimum absolute atomic E-state index is 0.260. The predicted octanol–water partition coefficient (Wildman–Crippen LogP) is 1.59. The molecular formula is C15H16FNO4. The van der Waals surface area contributed by atoms with Crippen LogP contribution >= 0.6 is 0 Å². The number of hydrogen-bond donors (Lipinski definition) is 2. The van der Waals surface area contributed by atoms with Gasteiger partial charge in [0.1, 0.15) is 5.82 Å². The highest BCUT2D eigenvalue weighted by Crippen LogP contribution is 2.19. The molecule has 0 spiro atoms. The van der Waals surface area contributed by atoms with Gasteiger partial charge in [-0.15, -0.1) is 0 Å². The average Bonchev–Trinajstić information content (AvgIpc) is 2.92. The number of nitrogens with one attached hydrogen (secondary N) is 1. The van der Waals surface area contributed by atoms with Crippen molar-refractivity contribution in [1.82, 2.24) is 5.32 Å². The maximum absolute atomic E-state index is 12.9. The van der Waals surface area contributed by atoms with Crippen molar-refractivity contribution in [2.75, 3.05) is 6.54 Å². The Kier molecular flexibility index (Phi) is 5.05. The zero-order chi connectivity index (χ0) is 15.2. The van der Waals surface area contributed by atoms with Crippen LogP contribution in [0.2, 0.25) is 0 Å². The molecule has 1 saturated heterocycles. The Morgan fingerprint density at radius 1 is 1.43 bits per heavy atom. The fourth-order valence-corrected chi connectivity index (χ4v) is 2.09. The van der Waals surface area contributed by atoms with Crippen molar-refractivity contribution in [1.29, 1.82) is 0 Å². The first-order valence-electron chi connectivity index (χ1n) is 6.64. The second kappa shape index (κ2) is 6.99. The zero-order valence-electron chi connectivity index (χ0n) is 11.3. The molecule has 2 rings (SSSR count). The van der Waals surface area contributed by atoms with Crippen LogP contribution in [0.1, 0.15) is 18.4 Å². The Bertz CT molecular complexity index is 558. The predicted molar refractivity (Wildman–Crippen MR) is 74.0 cm³/mol. The van der Waals surface area contributed by atoms with E-state index in [4.69, 9.17) is 9.84 Å². The summed E-state index contributed by atoms with van der Waals surface area (Å²) >= 11 is 0. The molecule has 2 atom stereocenters. The molecule has 1 fully saturated rings. The van der Waals surface area contributed by atoms with Crippen LogP contribution in [-0.4, -0.2) is 35.7 Å². The number of ether oxygens (including phenoxy) is 1. The summed E-state index contributed by atoms with van der Waals surface area (Å²) in [5.74, 6) is -1.67. The molecule has 0 bridgehead atoms. The van der Waals surface area contributed by atoms with Crippen LogP contribution in [0.25, 0.3) is 6.08 Å². The number of halogens is 1. The number of hydrogen-bond acceptors (Lipinski definition) is 3. The van der Waals surface area contributed by atoms with E-state index < -0.39 is 12.1 Å². The Morgan fingerprint density at radius 3 is 2.90 bits per heavy atom. The molecular weight excluding hydrogens is 277 g/mol. The van der Waals surface area contributed by atoms with Crippen LogP contribution in [0, 0.1) is 5.82 Å². The van der Waals surface area contributed by atoms with Gasteiger partial charge in [0.2, 0.25) is 5.91 Å². The first kappa shape index (κ1) is 15.2. The van der Waals surface area contributed by atoms with E-state index in [1.807, 2.05) is 0 Å². The monoisotopic (exact) mass is 293 g/mol. The Morgan fingerprint density at radius 2 is 2.24 bits per heavy atom. The minimum Gasteiger partial charge on any atom is -0.479 e. The Hall–Kier alpha value is -2.21. The number of carbonyl (C=O) groups excluding carboxylic acids is 1. The lowest BCUT2D eigenvalue weighted by molar-refractivity contribution is -0.149. The molecule has 0 saturated carbocycles. The van der Waals surface area contributed by atoms with Gasteiger partial charge in [-0.2, -0.15) is 0 Å². The van der Waals surface area contributed by atoms with E-state index in [1.54, 1.807) is 12.1 Å². The lowest BCUT2D eigenvalue weighted by Crippen LogP contribution is -2.32. The van der Waals surface area contributed by atoms with Gasteiger partial charge >= 0.3 is 5.97 Å². The quantitative estimate of drug-likeness (QED) is 0.808. The van der Waals surface area contributed by atoms with Gasteiger partial charge in [-0.05, 0) is 36.6 Å². The number of carboxylic acids is 1. The standard InChI is InChI=1S/C15H16FNO4/c16-11-3-1-2-10(8-11)4-7-14(18)17-9-12-5-6-13(21-12)15(19)20/h1-4,7-8,12-13H,5-6,9H2,(H,17,18)(H,19,20)/b7-4+. The van der Waals surface area contributed by atoms with E-state index in [-0.39, 0.29) is 24.4 Å². The van der Waals surface area contributed by atoms with Gasteiger partial charge in [0.05, 0.1) is 6.10 Å². The van der Waals surface area contributed by atoms with Gasteiger partial charge in [0.15, 0.2) is 6.10 Å². The molecule has 1 aromatic rings. The van der Waals surface area contributed by atoms with Crippen molar-refractivity contribution in [3.8, 4) is 0 Å². The molecule has 0 radical (unpaired) electrons. The summed E-state index contributed by atoms with van der Waals surface area (Å²) in [5.41, 5.74) is 0.591. The van der Waals surface area contributed by atoms with Crippen LogP contribution < -0.4 is 5.32 Å². The maximum Gasteiger partial charge on any atom is 0.332 e. The second-order valence-electron chi connectivity index (χ2n) is 4.80. The first-order chi connectivity index (χ1) is 10.0. The van der Waals surface area contributed by atoms with Crippen LogP contribution in [0.3, 0.4) is 0 Å². The number of aliphatic carboxylic acids is 1. The summed E-state index contributed by atoms with van der Waals surface area (Å²) in [5, 5.41) is 11.4. The summed E-state index contributed by atoms with van der Waals surface area (Å²) < 4.78 is 18.2. The average molecular weight is 293 g/mol. The number of benzene rings is 1. The van der Waals surface area contributed by atoms with E-state index in [0.717, 1.165) is 0 Å². The maximum atomic E-state index is 12.9. The highest BCUT2D eigenvalue weighted by Gasteiger charge is 2.30. The largest absolute Gasteiger partial charge is 0.479 e. The van der Waals surface area contributed by atoms with E-state index in [0.29, 0.717) is 18.4 Å². The third-order valence-electron chi connectivity index (χ3n) is 3.16. The third kappa shape index (κ3) is 4.68. The topological polar surface area (TPSA) is 75.6 Å². The van der Waals surface area contributed by atoms with E-state index in [9.17, 15) is 14.0 Å².